The summed E-state index contributed by atoms with van der Waals surface area (Å²) >= 11 is 0. The van der Waals surface area contributed by atoms with Crippen molar-refractivity contribution in [2.24, 2.45) is 11.7 Å². The number of carbonyl (C=O) groups is 2. The van der Waals surface area contributed by atoms with Crippen LogP contribution < -0.4 is 21.4 Å². The van der Waals surface area contributed by atoms with Crippen LogP contribution in [0.3, 0.4) is 0 Å². The monoisotopic (exact) mass is 332 g/mol. The molecule has 1 atom stereocenters. The molecule has 0 bridgehead atoms. The maximum Gasteiger partial charge on any atom is 0.336 e. The Morgan fingerprint density at radius 2 is 2.00 bits per heavy atom. The summed E-state index contributed by atoms with van der Waals surface area (Å²) in [6.45, 7) is 3.43. The van der Waals surface area contributed by atoms with Crippen LogP contribution in [0.4, 0.5) is 0 Å². The van der Waals surface area contributed by atoms with Gasteiger partial charge in [0.2, 0.25) is 11.8 Å². The summed E-state index contributed by atoms with van der Waals surface area (Å²) in [6.07, 6.45) is 0.0994. The third-order valence-corrected chi connectivity index (χ3v) is 3.65. The van der Waals surface area contributed by atoms with E-state index in [-0.39, 0.29) is 18.2 Å². The van der Waals surface area contributed by atoms with E-state index in [1.54, 1.807) is 32.0 Å². The molecule has 0 unspecified atom stereocenters. The van der Waals surface area contributed by atoms with Crippen LogP contribution in [0.25, 0.3) is 11.0 Å². The van der Waals surface area contributed by atoms with Crippen LogP contribution in [-0.2, 0) is 16.0 Å². The number of carbonyl (C=O) groups excluding carboxylic acids is 2. The molecule has 0 aliphatic heterocycles. The van der Waals surface area contributed by atoms with Gasteiger partial charge in [0.1, 0.15) is 17.4 Å². The van der Waals surface area contributed by atoms with E-state index in [1.807, 2.05) is 0 Å². The fourth-order valence-electron chi connectivity index (χ4n) is 2.29. The Hall–Kier alpha value is -2.83. The first-order valence-electron chi connectivity index (χ1n) is 7.52. The van der Waals surface area contributed by atoms with E-state index >= 15 is 0 Å². The number of benzene rings is 1. The van der Waals surface area contributed by atoms with Crippen molar-refractivity contribution < 1.29 is 18.7 Å². The van der Waals surface area contributed by atoms with Gasteiger partial charge in [-0.1, -0.05) is 13.8 Å². The topological polar surface area (TPSA) is 112 Å². The molecule has 1 aromatic carbocycles. The van der Waals surface area contributed by atoms with Crippen molar-refractivity contribution in [2.45, 2.75) is 26.3 Å². The molecule has 24 heavy (non-hydrogen) atoms. The van der Waals surface area contributed by atoms with Crippen molar-refractivity contribution in [3.05, 3.63) is 40.2 Å². The first-order chi connectivity index (χ1) is 11.3. The minimum Gasteiger partial charge on any atom is -0.497 e. The summed E-state index contributed by atoms with van der Waals surface area (Å²) in [7, 11) is 1.51. The first kappa shape index (κ1) is 17.5. The van der Waals surface area contributed by atoms with Gasteiger partial charge in [0.25, 0.3) is 0 Å². The van der Waals surface area contributed by atoms with Crippen LogP contribution in [0.1, 0.15) is 19.4 Å². The zero-order valence-electron chi connectivity index (χ0n) is 13.8. The second kappa shape index (κ2) is 7.16. The van der Waals surface area contributed by atoms with Crippen molar-refractivity contribution in [3.63, 3.8) is 0 Å². The molecule has 2 amide bonds. The van der Waals surface area contributed by atoms with E-state index in [9.17, 15) is 14.4 Å². The van der Waals surface area contributed by atoms with E-state index < -0.39 is 17.6 Å². The predicted octanol–water partition coefficient (Wildman–Crippen LogP) is 0.970. The molecule has 0 saturated carbocycles. The lowest BCUT2D eigenvalue weighted by atomic mass is 10.0. The van der Waals surface area contributed by atoms with Crippen LogP contribution in [0.5, 0.6) is 5.75 Å². The molecule has 3 N–H and O–H groups in total. The highest BCUT2D eigenvalue weighted by atomic mass is 16.5. The van der Waals surface area contributed by atoms with E-state index in [1.165, 1.54) is 13.2 Å². The highest BCUT2D eigenvalue weighted by Gasteiger charge is 2.21. The number of hydrogen-bond donors (Lipinski definition) is 2. The minimum absolute atomic E-state index is 0.0994. The molecule has 0 aliphatic rings. The standard InChI is InChI=1S/C17H20N2O5/c1-9(2)17(22)19-13(16(18)21)6-10-7-15(20)24-14-8-11(23-3)4-5-12(10)14/h4-5,7-9,13H,6H2,1-3H3,(H2,18,21)(H,19,22)/t13-/m0/s1. The lowest BCUT2D eigenvalue weighted by molar-refractivity contribution is -0.129. The lowest BCUT2D eigenvalue weighted by Gasteiger charge is -2.17. The number of methoxy groups -OCH3 is 1. The number of nitrogens with one attached hydrogen (secondary N) is 1. The zero-order valence-corrected chi connectivity index (χ0v) is 13.8. The molecule has 7 nitrogen and oxygen atoms in total. The fraction of sp³-hybridized carbons (Fsp3) is 0.353. The molecule has 1 aromatic heterocycles. The van der Waals surface area contributed by atoms with E-state index in [0.29, 0.717) is 22.3 Å². The van der Waals surface area contributed by atoms with Crippen molar-refractivity contribution >= 4 is 22.8 Å². The molecule has 1 heterocycles. The molecule has 128 valence electrons. The smallest absolute Gasteiger partial charge is 0.336 e. The second-order valence-electron chi connectivity index (χ2n) is 5.78. The van der Waals surface area contributed by atoms with Gasteiger partial charge in [-0.15, -0.1) is 0 Å². The molecule has 0 saturated heterocycles. The SMILES string of the molecule is COc1ccc2c(C[C@H](NC(=O)C(C)C)C(N)=O)cc(=O)oc2c1. The van der Waals surface area contributed by atoms with Crippen LogP contribution in [0, 0.1) is 5.92 Å². The lowest BCUT2D eigenvalue weighted by Crippen LogP contribution is -2.47. The van der Waals surface area contributed by atoms with Gasteiger partial charge < -0.3 is 20.2 Å². The van der Waals surface area contributed by atoms with Gasteiger partial charge in [-0.05, 0) is 17.7 Å². The Morgan fingerprint density at radius 1 is 1.29 bits per heavy atom. The average Bonchev–Trinajstić information content (AvgIpc) is 2.52. The van der Waals surface area contributed by atoms with Crippen molar-refractivity contribution in [2.75, 3.05) is 7.11 Å². The predicted molar refractivity (Wildman–Crippen MR) is 88.7 cm³/mol. The number of nitrogens with two attached hydrogens (primary N) is 1. The summed E-state index contributed by atoms with van der Waals surface area (Å²) in [4.78, 5) is 35.3. The average molecular weight is 332 g/mol. The van der Waals surface area contributed by atoms with Crippen LogP contribution in [-0.4, -0.2) is 25.0 Å². The Labute approximate surface area is 138 Å². The van der Waals surface area contributed by atoms with Gasteiger partial charge in [0.15, 0.2) is 0 Å². The summed E-state index contributed by atoms with van der Waals surface area (Å²) < 4.78 is 10.3. The molecule has 2 rings (SSSR count). The second-order valence-corrected chi connectivity index (χ2v) is 5.78. The number of primary amides is 1. The summed E-state index contributed by atoms with van der Waals surface area (Å²) in [5.74, 6) is -0.692. The zero-order chi connectivity index (χ0) is 17.9. The molecule has 0 radical (unpaired) electrons. The van der Waals surface area contributed by atoms with Gasteiger partial charge in [-0.25, -0.2) is 4.79 Å². The fourth-order valence-corrected chi connectivity index (χ4v) is 2.29. The Kier molecular flexibility index (Phi) is 5.23. The van der Waals surface area contributed by atoms with E-state index in [4.69, 9.17) is 14.9 Å². The van der Waals surface area contributed by atoms with Gasteiger partial charge in [0.05, 0.1) is 7.11 Å². The maximum atomic E-state index is 11.8. The number of rotatable bonds is 6. The van der Waals surface area contributed by atoms with Crippen LogP contribution >= 0.6 is 0 Å². The van der Waals surface area contributed by atoms with Gasteiger partial charge in [-0.2, -0.15) is 0 Å². The van der Waals surface area contributed by atoms with Crippen LogP contribution in [0.2, 0.25) is 0 Å². The number of fused-ring (bicyclic) bond motifs is 1. The first-order valence-corrected chi connectivity index (χ1v) is 7.52. The highest BCUT2D eigenvalue weighted by Crippen LogP contribution is 2.23. The Balaban J connectivity index is 2.41. The highest BCUT2D eigenvalue weighted by molar-refractivity contribution is 5.88. The molecule has 2 aromatic rings. The summed E-state index contributed by atoms with van der Waals surface area (Å²) in [6, 6.07) is 5.43. The Morgan fingerprint density at radius 3 is 2.58 bits per heavy atom. The van der Waals surface area contributed by atoms with Gasteiger partial charge in [-0.3, -0.25) is 9.59 Å². The Bertz CT molecular complexity index is 825. The molecular formula is C17H20N2O5. The third-order valence-electron chi connectivity index (χ3n) is 3.65. The molecule has 0 spiro atoms. The molecule has 7 heteroatoms. The van der Waals surface area contributed by atoms with E-state index in [0.717, 1.165) is 0 Å². The molecular weight excluding hydrogens is 312 g/mol. The van der Waals surface area contributed by atoms with E-state index in [2.05, 4.69) is 5.32 Å². The largest absolute Gasteiger partial charge is 0.497 e. The third kappa shape index (κ3) is 3.92. The number of ether oxygens (including phenoxy) is 1. The van der Waals surface area contributed by atoms with Crippen LogP contribution in [0.15, 0.2) is 33.5 Å². The number of amides is 2. The van der Waals surface area contributed by atoms with Gasteiger partial charge in [0, 0.05) is 29.9 Å². The quantitative estimate of drug-likeness (QED) is 0.766. The normalized spacial score (nSPS) is 12.2. The van der Waals surface area contributed by atoms with Crippen molar-refractivity contribution in [1.29, 1.82) is 0 Å². The number of hydrogen-bond acceptors (Lipinski definition) is 5. The van der Waals surface area contributed by atoms with Crippen molar-refractivity contribution in [1.82, 2.24) is 5.32 Å². The minimum atomic E-state index is -0.910. The molecule has 0 aliphatic carbocycles. The summed E-state index contributed by atoms with van der Waals surface area (Å²) in [5, 5.41) is 3.25. The van der Waals surface area contributed by atoms with Crippen molar-refractivity contribution in [3.8, 4) is 5.75 Å². The summed E-state index contributed by atoms with van der Waals surface area (Å²) in [5.41, 5.74) is 5.74. The van der Waals surface area contributed by atoms with Gasteiger partial charge >= 0.3 is 5.63 Å². The molecule has 0 fully saturated rings. The maximum absolute atomic E-state index is 11.8.